The minimum Gasteiger partial charge on any atom is -0.371 e. The predicted molar refractivity (Wildman–Crippen MR) is 74.3 cm³/mol. The number of hydrogen-bond donors (Lipinski definition) is 1. The number of hydrogen-bond acceptors (Lipinski definition) is 3. The van der Waals surface area contributed by atoms with Crippen molar-refractivity contribution in [3.63, 3.8) is 0 Å². The number of nitrogens with two attached hydrogens (primary N) is 1. The molecule has 1 aliphatic rings. The maximum Gasteiger partial charge on any atom is 0.0992 e. The third-order valence-electron chi connectivity index (χ3n) is 4.08. The molecule has 3 heteroatoms. The molecule has 2 rings (SSSR count). The van der Waals surface area contributed by atoms with E-state index in [4.69, 9.17) is 11.0 Å². The number of rotatable bonds is 2. The van der Waals surface area contributed by atoms with E-state index in [1.165, 1.54) is 0 Å². The SMILES string of the molecule is CC1(C)CN(c2cccc(C#N)c2)CCC1CN. The number of anilines is 1. The highest BCUT2D eigenvalue weighted by atomic mass is 15.1. The van der Waals surface area contributed by atoms with E-state index in [9.17, 15) is 0 Å². The fourth-order valence-electron chi connectivity index (χ4n) is 2.83. The molecule has 0 amide bonds. The van der Waals surface area contributed by atoms with E-state index >= 15 is 0 Å². The molecule has 3 nitrogen and oxygen atoms in total. The van der Waals surface area contributed by atoms with Crippen molar-refractivity contribution in [3.8, 4) is 6.07 Å². The van der Waals surface area contributed by atoms with Crippen molar-refractivity contribution in [2.24, 2.45) is 17.1 Å². The van der Waals surface area contributed by atoms with Crippen LogP contribution < -0.4 is 10.6 Å². The molecule has 0 spiro atoms. The monoisotopic (exact) mass is 243 g/mol. The minimum atomic E-state index is 0.232. The Morgan fingerprint density at radius 1 is 1.50 bits per heavy atom. The van der Waals surface area contributed by atoms with E-state index in [1.54, 1.807) is 0 Å². The normalized spacial score (nSPS) is 22.6. The first-order valence-electron chi connectivity index (χ1n) is 6.52. The lowest BCUT2D eigenvalue weighted by atomic mass is 9.74. The Labute approximate surface area is 109 Å². The van der Waals surface area contributed by atoms with Crippen LogP contribution in [0.4, 0.5) is 5.69 Å². The van der Waals surface area contributed by atoms with Crippen LogP contribution in [0.5, 0.6) is 0 Å². The molecule has 1 fully saturated rings. The van der Waals surface area contributed by atoms with Gasteiger partial charge in [0, 0.05) is 18.8 Å². The third kappa shape index (κ3) is 2.49. The van der Waals surface area contributed by atoms with Crippen molar-refractivity contribution in [3.05, 3.63) is 29.8 Å². The topological polar surface area (TPSA) is 53.0 Å². The minimum absolute atomic E-state index is 0.232. The third-order valence-corrected chi connectivity index (χ3v) is 4.08. The zero-order valence-electron chi connectivity index (χ0n) is 11.2. The fraction of sp³-hybridized carbons (Fsp3) is 0.533. The van der Waals surface area contributed by atoms with Crippen molar-refractivity contribution < 1.29 is 0 Å². The molecule has 0 saturated carbocycles. The van der Waals surface area contributed by atoms with Gasteiger partial charge < -0.3 is 10.6 Å². The van der Waals surface area contributed by atoms with Gasteiger partial charge in [-0.3, -0.25) is 0 Å². The molecular formula is C15H21N3. The molecule has 1 saturated heterocycles. The highest BCUT2D eigenvalue weighted by Gasteiger charge is 2.34. The van der Waals surface area contributed by atoms with Gasteiger partial charge in [0.15, 0.2) is 0 Å². The van der Waals surface area contributed by atoms with Crippen LogP contribution in [0, 0.1) is 22.7 Å². The average molecular weight is 243 g/mol. The summed E-state index contributed by atoms with van der Waals surface area (Å²) in [6.45, 7) is 7.36. The highest BCUT2D eigenvalue weighted by Crippen LogP contribution is 2.36. The van der Waals surface area contributed by atoms with Gasteiger partial charge in [0.25, 0.3) is 0 Å². The van der Waals surface area contributed by atoms with Crippen LogP contribution in [0.25, 0.3) is 0 Å². The summed E-state index contributed by atoms with van der Waals surface area (Å²) in [4.78, 5) is 2.37. The van der Waals surface area contributed by atoms with Gasteiger partial charge in [-0.15, -0.1) is 0 Å². The van der Waals surface area contributed by atoms with E-state index < -0.39 is 0 Å². The molecular weight excluding hydrogens is 222 g/mol. The zero-order valence-corrected chi connectivity index (χ0v) is 11.2. The van der Waals surface area contributed by atoms with Gasteiger partial charge in [-0.2, -0.15) is 5.26 Å². The number of nitriles is 1. The van der Waals surface area contributed by atoms with Crippen molar-refractivity contribution in [1.82, 2.24) is 0 Å². The maximum absolute atomic E-state index is 8.96. The predicted octanol–water partition coefficient (Wildman–Crippen LogP) is 2.37. The zero-order chi connectivity index (χ0) is 13.2. The van der Waals surface area contributed by atoms with Gasteiger partial charge in [0.1, 0.15) is 0 Å². The average Bonchev–Trinajstić information content (AvgIpc) is 2.37. The van der Waals surface area contributed by atoms with Crippen LogP contribution in [0.15, 0.2) is 24.3 Å². The molecule has 0 aliphatic carbocycles. The Kier molecular flexibility index (Phi) is 3.58. The maximum atomic E-state index is 8.96. The van der Waals surface area contributed by atoms with Gasteiger partial charge >= 0.3 is 0 Å². The van der Waals surface area contributed by atoms with E-state index in [2.05, 4.69) is 30.9 Å². The largest absolute Gasteiger partial charge is 0.371 e. The van der Waals surface area contributed by atoms with Crippen molar-refractivity contribution in [2.45, 2.75) is 20.3 Å². The van der Waals surface area contributed by atoms with Gasteiger partial charge in [-0.1, -0.05) is 19.9 Å². The van der Waals surface area contributed by atoms with Gasteiger partial charge in [0.05, 0.1) is 11.6 Å². The molecule has 1 atom stereocenters. The first kappa shape index (κ1) is 12.9. The highest BCUT2D eigenvalue weighted by molar-refractivity contribution is 5.52. The number of nitrogens with zero attached hydrogens (tertiary/aromatic N) is 2. The van der Waals surface area contributed by atoms with Crippen LogP contribution in [-0.2, 0) is 0 Å². The van der Waals surface area contributed by atoms with Gasteiger partial charge in [-0.05, 0) is 42.5 Å². The smallest absolute Gasteiger partial charge is 0.0992 e. The summed E-state index contributed by atoms with van der Waals surface area (Å²) in [7, 11) is 0. The number of piperidine rings is 1. The Hall–Kier alpha value is -1.53. The number of benzene rings is 1. The fourth-order valence-corrected chi connectivity index (χ4v) is 2.83. The van der Waals surface area contributed by atoms with Crippen LogP contribution in [0.3, 0.4) is 0 Å². The summed E-state index contributed by atoms with van der Waals surface area (Å²) in [6.07, 6.45) is 1.13. The molecule has 2 N–H and O–H groups in total. The van der Waals surface area contributed by atoms with Gasteiger partial charge in [-0.25, -0.2) is 0 Å². The lowest BCUT2D eigenvalue weighted by molar-refractivity contribution is 0.182. The van der Waals surface area contributed by atoms with Crippen molar-refractivity contribution in [1.29, 1.82) is 5.26 Å². The van der Waals surface area contributed by atoms with Crippen LogP contribution in [-0.4, -0.2) is 19.6 Å². The van der Waals surface area contributed by atoms with Crippen molar-refractivity contribution in [2.75, 3.05) is 24.5 Å². The van der Waals surface area contributed by atoms with Crippen LogP contribution in [0.1, 0.15) is 25.8 Å². The van der Waals surface area contributed by atoms with Crippen LogP contribution in [0.2, 0.25) is 0 Å². The Morgan fingerprint density at radius 3 is 2.89 bits per heavy atom. The molecule has 18 heavy (non-hydrogen) atoms. The molecule has 0 aromatic heterocycles. The molecule has 1 unspecified atom stereocenters. The standard InChI is InChI=1S/C15H21N3/c1-15(2)11-18(7-6-13(15)10-17)14-5-3-4-12(8-14)9-16/h3-5,8,13H,6-7,10-11,17H2,1-2H3. The summed E-state index contributed by atoms with van der Waals surface area (Å²) in [6, 6.07) is 10.1. The van der Waals surface area contributed by atoms with Gasteiger partial charge in [0.2, 0.25) is 0 Å². The quantitative estimate of drug-likeness (QED) is 0.867. The second-order valence-corrected chi connectivity index (χ2v) is 5.79. The van der Waals surface area contributed by atoms with E-state index in [1.807, 2.05) is 18.2 Å². The molecule has 1 heterocycles. The molecule has 96 valence electrons. The first-order chi connectivity index (χ1) is 8.56. The van der Waals surface area contributed by atoms with E-state index in [-0.39, 0.29) is 5.41 Å². The summed E-state index contributed by atoms with van der Waals surface area (Å²) in [5.74, 6) is 0.591. The molecule has 0 radical (unpaired) electrons. The summed E-state index contributed by atoms with van der Waals surface area (Å²) < 4.78 is 0. The molecule has 1 aromatic rings. The Morgan fingerprint density at radius 2 is 2.28 bits per heavy atom. The van der Waals surface area contributed by atoms with Crippen molar-refractivity contribution >= 4 is 5.69 Å². The second-order valence-electron chi connectivity index (χ2n) is 5.79. The van der Waals surface area contributed by atoms with E-state index in [0.29, 0.717) is 5.92 Å². The summed E-state index contributed by atoms with van der Waals surface area (Å²) >= 11 is 0. The molecule has 1 aromatic carbocycles. The lowest BCUT2D eigenvalue weighted by Gasteiger charge is -2.45. The Bertz CT molecular complexity index is 459. The summed E-state index contributed by atoms with van der Waals surface area (Å²) in [5.41, 5.74) is 7.96. The Balaban J connectivity index is 2.18. The second kappa shape index (κ2) is 4.99. The lowest BCUT2D eigenvalue weighted by Crippen LogP contribution is -2.48. The van der Waals surface area contributed by atoms with E-state index in [0.717, 1.165) is 37.3 Å². The molecule has 1 aliphatic heterocycles. The summed E-state index contributed by atoms with van der Waals surface area (Å²) in [5, 5.41) is 8.96. The first-order valence-corrected chi connectivity index (χ1v) is 6.52. The van der Waals surface area contributed by atoms with Crippen LogP contribution >= 0.6 is 0 Å². The molecule has 0 bridgehead atoms.